The maximum absolute atomic E-state index is 6.21. The number of ether oxygens (including phenoxy) is 2. The summed E-state index contributed by atoms with van der Waals surface area (Å²) in [6.07, 6.45) is 5.72. The zero-order chi connectivity index (χ0) is 21.2. The summed E-state index contributed by atoms with van der Waals surface area (Å²) in [5.74, 6) is 3.03. The van der Waals surface area contributed by atoms with Crippen LogP contribution in [0.2, 0.25) is 0 Å². The molecule has 6 nitrogen and oxygen atoms in total. The second kappa shape index (κ2) is 8.89. The molecule has 0 saturated carbocycles. The van der Waals surface area contributed by atoms with Crippen LogP contribution in [0.25, 0.3) is 22.2 Å². The number of benzene rings is 1. The van der Waals surface area contributed by atoms with E-state index in [1.54, 1.807) is 19.7 Å². The van der Waals surface area contributed by atoms with Gasteiger partial charge in [0.05, 0.1) is 0 Å². The Kier molecular flexibility index (Phi) is 5.84. The number of aromatic nitrogens is 2. The molecule has 1 aromatic carbocycles. The molecule has 160 valence electrons. The number of hydrogen-bond donors (Lipinski definition) is 0. The number of rotatable bonds is 6. The topological polar surface area (TPSA) is 60.6 Å². The van der Waals surface area contributed by atoms with E-state index in [1.165, 1.54) is 17.2 Å². The third-order valence-corrected chi connectivity index (χ3v) is 8.69. The minimum atomic E-state index is -0.699. The Morgan fingerprint density at radius 3 is 2.84 bits per heavy atom. The Balaban J connectivity index is 1.41. The normalized spacial score (nSPS) is 15.9. The van der Waals surface area contributed by atoms with Crippen molar-refractivity contribution >= 4 is 35.5 Å². The van der Waals surface area contributed by atoms with E-state index in [-0.39, 0.29) is 0 Å². The van der Waals surface area contributed by atoms with Gasteiger partial charge in [0.2, 0.25) is 0 Å². The molecule has 1 saturated heterocycles. The van der Waals surface area contributed by atoms with Crippen LogP contribution in [-0.4, -0.2) is 64.5 Å². The van der Waals surface area contributed by atoms with E-state index in [0.29, 0.717) is 12.5 Å². The number of piperidine rings is 1. The molecule has 1 aromatic heterocycles. The van der Waals surface area contributed by atoms with Crippen molar-refractivity contribution in [2.75, 3.05) is 33.9 Å². The summed E-state index contributed by atoms with van der Waals surface area (Å²) in [5.41, 5.74) is 2.02. The quantitative estimate of drug-likeness (QED) is 0.396. The summed E-state index contributed by atoms with van der Waals surface area (Å²) in [6, 6.07) is 12.3. The van der Waals surface area contributed by atoms with Crippen molar-refractivity contribution < 1.29 is 13.9 Å². The van der Waals surface area contributed by atoms with Crippen LogP contribution < -0.4 is 18.3 Å². The number of hydrogen-bond acceptors (Lipinski definition) is 6. The predicted octanol–water partition coefficient (Wildman–Crippen LogP) is 2.44. The Hall–Kier alpha value is -2.56. The van der Waals surface area contributed by atoms with Crippen molar-refractivity contribution in [1.29, 1.82) is 0 Å². The van der Waals surface area contributed by atoms with Crippen molar-refractivity contribution in [2.45, 2.75) is 12.8 Å². The second-order valence-corrected chi connectivity index (χ2v) is 10.7. The third-order valence-electron chi connectivity index (χ3n) is 5.96. The molecule has 0 bridgehead atoms. The molecule has 1 atom stereocenters. The fourth-order valence-corrected chi connectivity index (χ4v) is 6.60. The third kappa shape index (κ3) is 4.28. The Morgan fingerprint density at radius 1 is 1.13 bits per heavy atom. The number of nitrogens with zero attached hydrogens (tertiary/aromatic N) is 3. The zero-order valence-corrected chi connectivity index (χ0v) is 19.9. The van der Waals surface area contributed by atoms with Crippen LogP contribution in [-0.2, 0) is 0 Å². The molecule has 3 heterocycles. The first-order chi connectivity index (χ1) is 15.2. The number of methoxy groups -OCH3 is 1. The summed E-state index contributed by atoms with van der Waals surface area (Å²) in [6.45, 7) is 2.97. The predicted molar refractivity (Wildman–Crippen MR) is 124 cm³/mol. The molecule has 1 fully saturated rings. The van der Waals surface area contributed by atoms with Gasteiger partial charge in [0.15, 0.2) is 0 Å². The fourth-order valence-electron chi connectivity index (χ4n) is 4.09. The molecule has 3 aliphatic rings. The van der Waals surface area contributed by atoms with Gasteiger partial charge in [-0.3, -0.25) is 0 Å². The van der Waals surface area contributed by atoms with E-state index in [4.69, 9.17) is 13.9 Å². The first-order valence-electron chi connectivity index (χ1n) is 10.6. The zero-order valence-electron chi connectivity index (χ0n) is 17.8. The van der Waals surface area contributed by atoms with Crippen LogP contribution in [0.3, 0.4) is 0 Å². The second-order valence-electron chi connectivity index (χ2n) is 8.07. The average Bonchev–Trinajstić information content (AvgIpc) is 3.21. The SMILES string of the molecule is COc1cc2c([AsH]c3ccc4cccoc3-4)ncnc2cc1OCC1CCN(C)CC1. The van der Waals surface area contributed by atoms with E-state index in [0.717, 1.165) is 51.3 Å². The Labute approximate surface area is 188 Å². The van der Waals surface area contributed by atoms with Gasteiger partial charge in [0, 0.05) is 0 Å². The van der Waals surface area contributed by atoms with Crippen molar-refractivity contribution in [3.63, 3.8) is 0 Å². The van der Waals surface area contributed by atoms with Gasteiger partial charge in [-0.25, -0.2) is 0 Å². The molecule has 31 heavy (non-hydrogen) atoms. The molecule has 5 rings (SSSR count). The van der Waals surface area contributed by atoms with E-state index in [9.17, 15) is 0 Å². The van der Waals surface area contributed by atoms with Crippen molar-refractivity contribution in [1.82, 2.24) is 14.9 Å². The van der Waals surface area contributed by atoms with Crippen molar-refractivity contribution in [2.24, 2.45) is 5.92 Å². The van der Waals surface area contributed by atoms with Gasteiger partial charge in [-0.2, -0.15) is 0 Å². The van der Waals surface area contributed by atoms with E-state index >= 15 is 0 Å². The molecule has 0 spiro atoms. The molecule has 0 radical (unpaired) electrons. The molecule has 2 aliphatic heterocycles. The standard InChI is InChI=1S/C24H26AsN3O3/c1-28-9-7-16(8-10-28)14-31-22-13-20-18(12-21(22)29-2)24(27-15-26-20)25-19-6-5-17-4-3-11-30-23(17)19/h3-6,11-13,15-16,25H,7-10,14H2,1-2H3. The van der Waals surface area contributed by atoms with Crippen LogP contribution in [0.5, 0.6) is 11.5 Å². The van der Waals surface area contributed by atoms with Gasteiger partial charge in [0.1, 0.15) is 0 Å². The van der Waals surface area contributed by atoms with Gasteiger partial charge >= 0.3 is 189 Å². The summed E-state index contributed by atoms with van der Waals surface area (Å²) in [5, 5.41) is 1.02. The molecule has 1 aliphatic carbocycles. The Morgan fingerprint density at radius 2 is 2.00 bits per heavy atom. The first kappa shape index (κ1) is 20.3. The van der Waals surface area contributed by atoms with Crippen molar-refractivity contribution in [3.05, 3.63) is 49.0 Å². The van der Waals surface area contributed by atoms with Gasteiger partial charge in [-0.15, -0.1) is 0 Å². The fraction of sp³-hybridized carbons (Fsp3) is 0.333. The van der Waals surface area contributed by atoms with Crippen molar-refractivity contribution in [3.8, 4) is 22.8 Å². The molecular weight excluding hydrogens is 453 g/mol. The summed E-state index contributed by atoms with van der Waals surface area (Å²) in [7, 11) is 3.86. The van der Waals surface area contributed by atoms with Crippen LogP contribution in [0, 0.1) is 5.92 Å². The minimum absolute atomic E-state index is 0.582. The Bertz CT molecular complexity index is 1150. The molecule has 1 unspecified atom stereocenters. The van der Waals surface area contributed by atoms with Crippen LogP contribution in [0.15, 0.2) is 53.4 Å². The molecular formula is C24H26AsN3O3. The van der Waals surface area contributed by atoms with Gasteiger partial charge in [-0.1, -0.05) is 0 Å². The van der Waals surface area contributed by atoms with Gasteiger partial charge in [0.25, 0.3) is 0 Å². The van der Waals surface area contributed by atoms with E-state index in [2.05, 4.69) is 40.1 Å². The molecule has 7 heteroatoms. The van der Waals surface area contributed by atoms with Gasteiger partial charge in [-0.05, 0) is 0 Å². The molecule has 0 amide bonds. The summed E-state index contributed by atoms with van der Waals surface area (Å²) in [4.78, 5) is 11.5. The maximum atomic E-state index is 6.21. The summed E-state index contributed by atoms with van der Waals surface area (Å²) < 4.78 is 20.0. The van der Waals surface area contributed by atoms with Crippen LogP contribution >= 0.6 is 0 Å². The average molecular weight is 479 g/mol. The monoisotopic (exact) mass is 479 g/mol. The molecule has 0 N–H and O–H groups in total. The number of fused-ring (bicyclic) bond motifs is 2. The van der Waals surface area contributed by atoms with E-state index in [1.807, 2.05) is 18.2 Å². The van der Waals surface area contributed by atoms with Crippen LogP contribution in [0.1, 0.15) is 12.8 Å². The van der Waals surface area contributed by atoms with Gasteiger partial charge < -0.3 is 0 Å². The molecule has 2 aromatic rings. The van der Waals surface area contributed by atoms with E-state index < -0.39 is 15.8 Å². The van der Waals surface area contributed by atoms with Crippen LogP contribution in [0.4, 0.5) is 0 Å². The summed E-state index contributed by atoms with van der Waals surface area (Å²) >= 11 is -0.699. The number of likely N-dealkylation sites (tertiary alicyclic amines) is 1. The first-order valence-corrected chi connectivity index (χ1v) is 12.7.